The Morgan fingerprint density at radius 2 is 1.72 bits per heavy atom. The van der Waals surface area contributed by atoms with Gasteiger partial charge in [-0.25, -0.2) is 4.39 Å². The van der Waals surface area contributed by atoms with Crippen molar-refractivity contribution in [2.75, 3.05) is 7.11 Å². The van der Waals surface area contributed by atoms with E-state index in [1.807, 2.05) is 18.2 Å². The van der Waals surface area contributed by atoms with Gasteiger partial charge < -0.3 is 9.47 Å². The summed E-state index contributed by atoms with van der Waals surface area (Å²) in [5, 5.41) is 0. The molecule has 1 aliphatic heterocycles. The second-order valence-corrected chi connectivity index (χ2v) is 9.24. The highest BCUT2D eigenvalue weighted by Crippen LogP contribution is 2.51. The first-order valence-corrected chi connectivity index (χ1v) is 10.9. The second-order valence-electron chi connectivity index (χ2n) is 9.24. The Kier molecular flexibility index (Phi) is 5.09. The van der Waals surface area contributed by atoms with Gasteiger partial charge in [0.1, 0.15) is 23.1 Å². The smallest absolute Gasteiger partial charge is 0.131 e. The topological polar surface area (TPSA) is 30.8 Å². The van der Waals surface area contributed by atoms with Gasteiger partial charge in [0.15, 0.2) is 0 Å². The van der Waals surface area contributed by atoms with Crippen molar-refractivity contribution < 1.29 is 13.9 Å². The van der Waals surface area contributed by atoms with Crippen LogP contribution in [-0.2, 0) is 0 Å². The molecular formula is C28H26FNO2. The summed E-state index contributed by atoms with van der Waals surface area (Å²) in [4.78, 5) is 5.01. The van der Waals surface area contributed by atoms with E-state index < -0.39 is 0 Å². The molecule has 0 aromatic heterocycles. The van der Waals surface area contributed by atoms with Crippen LogP contribution in [0.3, 0.4) is 0 Å². The van der Waals surface area contributed by atoms with E-state index in [2.05, 4.69) is 44.2 Å². The minimum absolute atomic E-state index is 0.00289. The average molecular weight is 428 g/mol. The third-order valence-corrected chi connectivity index (χ3v) is 6.17. The highest BCUT2D eigenvalue weighted by Gasteiger charge is 2.41. The van der Waals surface area contributed by atoms with Crippen molar-refractivity contribution in [2.45, 2.75) is 32.6 Å². The monoisotopic (exact) mass is 427 g/mol. The first kappa shape index (κ1) is 20.5. The molecule has 0 radical (unpaired) electrons. The van der Waals surface area contributed by atoms with Crippen LogP contribution in [0, 0.1) is 11.2 Å². The number of fused-ring (bicyclic) bond motifs is 1. The van der Waals surface area contributed by atoms with Gasteiger partial charge in [-0.3, -0.25) is 4.99 Å². The minimum atomic E-state index is -0.262. The van der Waals surface area contributed by atoms with Crippen molar-refractivity contribution in [3.05, 3.63) is 101 Å². The highest BCUT2D eigenvalue weighted by molar-refractivity contribution is 6.05. The molecule has 1 atom stereocenters. The second kappa shape index (κ2) is 7.94. The molecule has 3 nitrogen and oxygen atoms in total. The Labute approximate surface area is 188 Å². The quantitative estimate of drug-likeness (QED) is 0.442. The largest absolute Gasteiger partial charge is 0.497 e. The molecular weight excluding hydrogens is 401 g/mol. The summed E-state index contributed by atoms with van der Waals surface area (Å²) in [6.45, 7) is 4.47. The highest BCUT2D eigenvalue weighted by atomic mass is 19.1. The molecule has 3 aromatic rings. The molecule has 0 saturated heterocycles. The van der Waals surface area contributed by atoms with Crippen molar-refractivity contribution in [1.29, 1.82) is 0 Å². The lowest BCUT2D eigenvalue weighted by atomic mass is 9.69. The molecule has 1 aliphatic carbocycles. The van der Waals surface area contributed by atoms with Gasteiger partial charge in [-0.15, -0.1) is 0 Å². The predicted molar refractivity (Wildman–Crippen MR) is 125 cm³/mol. The zero-order valence-electron chi connectivity index (χ0n) is 18.6. The van der Waals surface area contributed by atoms with Gasteiger partial charge in [-0.1, -0.05) is 44.2 Å². The van der Waals surface area contributed by atoms with Crippen LogP contribution in [0.15, 0.2) is 89.1 Å². The lowest BCUT2D eigenvalue weighted by Crippen LogP contribution is -2.33. The Morgan fingerprint density at radius 3 is 2.44 bits per heavy atom. The summed E-state index contributed by atoms with van der Waals surface area (Å²) in [7, 11) is 1.68. The summed E-state index contributed by atoms with van der Waals surface area (Å²) in [6, 6.07) is 22.8. The first-order chi connectivity index (χ1) is 15.4. The molecule has 1 heterocycles. The lowest BCUT2D eigenvalue weighted by molar-refractivity contribution is 0.278. The fraction of sp³-hybridized carbons (Fsp3) is 0.250. The Bertz CT molecular complexity index is 1210. The van der Waals surface area contributed by atoms with Gasteiger partial charge in [0.05, 0.1) is 12.8 Å². The normalized spacial score (nSPS) is 20.4. The Balaban J connectivity index is 1.73. The van der Waals surface area contributed by atoms with E-state index in [0.717, 1.165) is 52.6 Å². The van der Waals surface area contributed by atoms with Crippen LogP contribution in [0.1, 0.15) is 43.7 Å². The number of methoxy groups -OCH3 is 1. The first-order valence-electron chi connectivity index (χ1n) is 10.9. The van der Waals surface area contributed by atoms with Crippen LogP contribution in [0.5, 0.6) is 11.5 Å². The van der Waals surface area contributed by atoms with Gasteiger partial charge in [-0.05, 0) is 59.9 Å². The Hall–Kier alpha value is -3.40. The van der Waals surface area contributed by atoms with Crippen molar-refractivity contribution in [3.63, 3.8) is 0 Å². The molecule has 4 heteroatoms. The number of halogens is 1. The standard InChI is InChI=1S/C28H26FNO2/c1-28(2)16-23(30-20-11-9-19(29)10-12-20)27-25(17-28)32-24-14-13-21(31-3)15-22(24)26(27)18-7-5-4-6-8-18/h4-15,26H,16-17H2,1-3H3/t26-/m0/s1. The summed E-state index contributed by atoms with van der Waals surface area (Å²) in [6.07, 6.45) is 1.65. The van der Waals surface area contributed by atoms with Crippen LogP contribution in [-0.4, -0.2) is 12.8 Å². The molecule has 0 spiro atoms. The number of allylic oxidation sites excluding steroid dienone is 2. The molecule has 0 N–H and O–H groups in total. The third kappa shape index (κ3) is 3.81. The maximum Gasteiger partial charge on any atom is 0.131 e. The van der Waals surface area contributed by atoms with Crippen molar-refractivity contribution in [3.8, 4) is 11.5 Å². The van der Waals surface area contributed by atoms with Crippen LogP contribution >= 0.6 is 0 Å². The van der Waals surface area contributed by atoms with E-state index in [1.54, 1.807) is 19.2 Å². The number of nitrogens with zero attached hydrogens (tertiary/aromatic N) is 1. The molecule has 0 fully saturated rings. The number of benzene rings is 3. The van der Waals surface area contributed by atoms with Crippen LogP contribution in [0.4, 0.5) is 10.1 Å². The number of hydrogen-bond donors (Lipinski definition) is 0. The van der Waals surface area contributed by atoms with Gasteiger partial charge in [0.2, 0.25) is 0 Å². The maximum absolute atomic E-state index is 13.5. The zero-order chi connectivity index (χ0) is 22.3. The zero-order valence-corrected chi connectivity index (χ0v) is 18.6. The van der Waals surface area contributed by atoms with Crippen LogP contribution in [0.25, 0.3) is 0 Å². The van der Waals surface area contributed by atoms with Crippen molar-refractivity contribution in [1.82, 2.24) is 0 Å². The van der Waals surface area contributed by atoms with Crippen LogP contribution in [0.2, 0.25) is 0 Å². The molecule has 32 heavy (non-hydrogen) atoms. The summed E-state index contributed by atoms with van der Waals surface area (Å²) < 4.78 is 25.5. The number of ether oxygens (including phenoxy) is 2. The van der Waals surface area contributed by atoms with E-state index in [0.29, 0.717) is 0 Å². The fourth-order valence-corrected chi connectivity index (χ4v) is 4.74. The number of rotatable bonds is 3. The molecule has 0 bridgehead atoms. The molecule has 0 saturated carbocycles. The molecule has 162 valence electrons. The Morgan fingerprint density at radius 1 is 0.969 bits per heavy atom. The molecule has 0 amide bonds. The average Bonchev–Trinajstić information content (AvgIpc) is 2.78. The molecule has 3 aromatic carbocycles. The van der Waals surface area contributed by atoms with Gasteiger partial charge in [-0.2, -0.15) is 0 Å². The van der Waals surface area contributed by atoms with Crippen molar-refractivity contribution in [2.24, 2.45) is 10.4 Å². The lowest BCUT2D eigenvalue weighted by Gasteiger charge is -2.40. The minimum Gasteiger partial charge on any atom is -0.497 e. The summed E-state index contributed by atoms with van der Waals surface area (Å²) >= 11 is 0. The molecule has 5 rings (SSSR count). The van der Waals surface area contributed by atoms with E-state index >= 15 is 0 Å². The maximum atomic E-state index is 13.5. The SMILES string of the molecule is COc1ccc2c(c1)[C@H](c1ccccc1)C1=C(CC(C)(C)CC1=Nc1ccc(F)cc1)O2. The molecule has 2 aliphatic rings. The predicted octanol–water partition coefficient (Wildman–Crippen LogP) is 7.21. The van der Waals surface area contributed by atoms with E-state index in [-0.39, 0.29) is 17.2 Å². The third-order valence-electron chi connectivity index (χ3n) is 6.17. The molecule has 0 unspecified atom stereocenters. The van der Waals surface area contributed by atoms with Crippen molar-refractivity contribution >= 4 is 11.4 Å². The van der Waals surface area contributed by atoms with E-state index in [4.69, 9.17) is 14.5 Å². The van der Waals surface area contributed by atoms with Gasteiger partial charge in [0.25, 0.3) is 0 Å². The summed E-state index contributed by atoms with van der Waals surface area (Å²) in [5.41, 5.74) is 5.10. The van der Waals surface area contributed by atoms with E-state index in [9.17, 15) is 4.39 Å². The fourth-order valence-electron chi connectivity index (χ4n) is 4.74. The number of hydrogen-bond acceptors (Lipinski definition) is 3. The summed E-state index contributed by atoms with van der Waals surface area (Å²) in [5.74, 6) is 2.35. The van der Waals surface area contributed by atoms with Gasteiger partial charge >= 0.3 is 0 Å². The van der Waals surface area contributed by atoms with Crippen LogP contribution < -0.4 is 9.47 Å². The van der Waals surface area contributed by atoms with E-state index in [1.165, 1.54) is 17.7 Å². The number of aliphatic imine (C=N–C) groups is 1. The van der Waals surface area contributed by atoms with Gasteiger partial charge in [0, 0.05) is 29.2 Å².